The average molecular weight is 367 g/mol. The van der Waals surface area contributed by atoms with Gasteiger partial charge in [0.25, 0.3) is 0 Å². The molecule has 27 heavy (non-hydrogen) atoms. The minimum absolute atomic E-state index is 0.00811. The zero-order valence-corrected chi connectivity index (χ0v) is 17.3. The van der Waals surface area contributed by atoms with Gasteiger partial charge in [-0.2, -0.15) is 0 Å². The van der Waals surface area contributed by atoms with Crippen molar-refractivity contribution >= 4 is 0 Å². The molecule has 0 aliphatic heterocycles. The Morgan fingerprint density at radius 3 is 1.56 bits per heavy atom. The number of phenolic OH excluding ortho intramolecular Hbond substituents is 2. The van der Waals surface area contributed by atoms with Crippen molar-refractivity contribution in [2.75, 3.05) is 0 Å². The highest BCUT2D eigenvalue weighted by atomic mass is 16.3. The summed E-state index contributed by atoms with van der Waals surface area (Å²) in [7, 11) is 0. The van der Waals surface area contributed by atoms with Crippen molar-refractivity contribution < 1.29 is 10.2 Å². The second kappa shape index (κ2) is 7.96. The van der Waals surface area contributed by atoms with Crippen LogP contribution in [0.2, 0.25) is 0 Å². The van der Waals surface area contributed by atoms with Gasteiger partial charge in [-0.25, -0.2) is 0 Å². The van der Waals surface area contributed by atoms with Gasteiger partial charge in [-0.1, -0.05) is 64.8 Å². The van der Waals surface area contributed by atoms with Crippen molar-refractivity contribution in [3.63, 3.8) is 0 Å². The molecule has 2 aromatic carbocycles. The standard InChI is InChI=1S/C25H34O2/c1-5-17(3)21-15-19(9-11-23(21)26)25(13-7-8-14-25)20-10-12-24(27)22(16-20)18(4)6-2/h9-12,15-18,26-27H,5-8,13-14H2,1-4H3. The van der Waals surface area contributed by atoms with Crippen LogP contribution in [0.4, 0.5) is 0 Å². The van der Waals surface area contributed by atoms with E-state index in [0.29, 0.717) is 23.3 Å². The summed E-state index contributed by atoms with van der Waals surface area (Å²) in [5.41, 5.74) is 4.73. The second-order valence-corrected chi connectivity index (χ2v) is 8.45. The molecule has 0 radical (unpaired) electrons. The Kier molecular flexibility index (Phi) is 5.83. The van der Waals surface area contributed by atoms with E-state index in [0.717, 1.165) is 36.8 Å². The lowest BCUT2D eigenvalue weighted by Gasteiger charge is -2.32. The first-order chi connectivity index (χ1) is 12.9. The summed E-state index contributed by atoms with van der Waals surface area (Å²) in [6, 6.07) is 12.5. The summed E-state index contributed by atoms with van der Waals surface area (Å²) >= 11 is 0. The third kappa shape index (κ3) is 3.59. The Morgan fingerprint density at radius 1 is 0.778 bits per heavy atom. The lowest BCUT2D eigenvalue weighted by atomic mass is 9.71. The number of hydrogen-bond donors (Lipinski definition) is 2. The quantitative estimate of drug-likeness (QED) is 0.578. The maximum atomic E-state index is 10.4. The van der Waals surface area contributed by atoms with Crippen molar-refractivity contribution in [2.45, 2.75) is 83.5 Å². The maximum Gasteiger partial charge on any atom is 0.119 e. The molecular formula is C25H34O2. The molecule has 0 amide bonds. The number of phenols is 2. The fourth-order valence-electron chi connectivity index (χ4n) is 4.66. The van der Waals surface area contributed by atoms with Gasteiger partial charge in [0.05, 0.1) is 0 Å². The number of aromatic hydroxyl groups is 2. The van der Waals surface area contributed by atoms with Crippen molar-refractivity contribution in [3.05, 3.63) is 58.7 Å². The van der Waals surface area contributed by atoms with Crippen LogP contribution in [0.25, 0.3) is 0 Å². The fraction of sp³-hybridized carbons (Fsp3) is 0.520. The van der Waals surface area contributed by atoms with E-state index in [4.69, 9.17) is 0 Å². The number of benzene rings is 2. The summed E-state index contributed by atoms with van der Waals surface area (Å²) in [6.07, 6.45) is 6.73. The van der Waals surface area contributed by atoms with Crippen LogP contribution in [0.1, 0.15) is 100 Å². The van der Waals surface area contributed by atoms with Crippen LogP contribution in [0.15, 0.2) is 36.4 Å². The van der Waals surface area contributed by atoms with E-state index in [1.807, 2.05) is 12.1 Å². The van der Waals surface area contributed by atoms with Crippen LogP contribution < -0.4 is 0 Å². The first-order valence-corrected chi connectivity index (χ1v) is 10.6. The summed E-state index contributed by atoms with van der Waals surface area (Å²) in [5.74, 6) is 1.51. The first kappa shape index (κ1) is 19.8. The molecule has 2 atom stereocenters. The number of rotatable bonds is 6. The third-order valence-electron chi connectivity index (χ3n) is 6.90. The first-order valence-electron chi connectivity index (χ1n) is 10.6. The van der Waals surface area contributed by atoms with Crippen LogP contribution in [0.3, 0.4) is 0 Å². The van der Waals surface area contributed by atoms with Crippen molar-refractivity contribution in [1.82, 2.24) is 0 Å². The van der Waals surface area contributed by atoms with E-state index in [2.05, 4.69) is 52.0 Å². The average Bonchev–Trinajstić information content (AvgIpc) is 3.18. The van der Waals surface area contributed by atoms with Gasteiger partial charge < -0.3 is 10.2 Å². The van der Waals surface area contributed by atoms with Crippen LogP contribution in [-0.2, 0) is 5.41 Å². The highest BCUT2D eigenvalue weighted by Crippen LogP contribution is 2.49. The molecule has 0 saturated heterocycles. The van der Waals surface area contributed by atoms with Crippen LogP contribution in [0, 0.1) is 0 Å². The molecule has 0 bridgehead atoms. The Hall–Kier alpha value is -1.96. The van der Waals surface area contributed by atoms with Crippen molar-refractivity contribution in [2.24, 2.45) is 0 Å². The Balaban J connectivity index is 2.13. The van der Waals surface area contributed by atoms with Gasteiger partial charge in [0.2, 0.25) is 0 Å². The van der Waals surface area contributed by atoms with Gasteiger partial charge in [0, 0.05) is 5.41 Å². The van der Waals surface area contributed by atoms with Gasteiger partial charge in [0.15, 0.2) is 0 Å². The molecule has 2 unspecified atom stereocenters. The molecule has 1 saturated carbocycles. The topological polar surface area (TPSA) is 40.5 Å². The highest BCUT2D eigenvalue weighted by molar-refractivity contribution is 5.50. The van der Waals surface area contributed by atoms with Gasteiger partial charge in [-0.15, -0.1) is 0 Å². The monoisotopic (exact) mass is 366 g/mol. The van der Waals surface area contributed by atoms with E-state index in [9.17, 15) is 10.2 Å². The predicted octanol–water partition coefficient (Wildman–Crippen LogP) is 6.98. The van der Waals surface area contributed by atoms with Gasteiger partial charge in [-0.05, 0) is 71.9 Å². The molecule has 0 spiro atoms. The molecule has 0 heterocycles. The predicted molar refractivity (Wildman–Crippen MR) is 113 cm³/mol. The molecule has 1 fully saturated rings. The van der Waals surface area contributed by atoms with E-state index >= 15 is 0 Å². The van der Waals surface area contributed by atoms with E-state index < -0.39 is 0 Å². The normalized spacial score (nSPS) is 18.4. The molecule has 1 aliphatic carbocycles. The van der Waals surface area contributed by atoms with E-state index in [1.165, 1.54) is 24.0 Å². The minimum Gasteiger partial charge on any atom is -0.508 e. The Morgan fingerprint density at radius 2 is 1.19 bits per heavy atom. The van der Waals surface area contributed by atoms with Crippen molar-refractivity contribution in [3.8, 4) is 11.5 Å². The lowest BCUT2D eigenvalue weighted by molar-refractivity contribution is 0.457. The molecule has 2 nitrogen and oxygen atoms in total. The molecule has 0 aromatic heterocycles. The number of hydrogen-bond acceptors (Lipinski definition) is 2. The fourth-order valence-corrected chi connectivity index (χ4v) is 4.66. The van der Waals surface area contributed by atoms with Crippen LogP contribution in [0.5, 0.6) is 11.5 Å². The molecule has 2 heteroatoms. The zero-order chi connectivity index (χ0) is 19.6. The maximum absolute atomic E-state index is 10.4. The molecule has 2 aromatic rings. The molecule has 146 valence electrons. The molecule has 2 N–H and O–H groups in total. The summed E-state index contributed by atoms with van der Waals surface area (Å²) < 4.78 is 0. The lowest BCUT2D eigenvalue weighted by Crippen LogP contribution is -2.24. The summed E-state index contributed by atoms with van der Waals surface area (Å²) in [6.45, 7) is 8.70. The molecule has 3 rings (SSSR count). The molecular weight excluding hydrogens is 332 g/mol. The molecule has 1 aliphatic rings. The largest absolute Gasteiger partial charge is 0.508 e. The van der Waals surface area contributed by atoms with Crippen LogP contribution >= 0.6 is 0 Å². The van der Waals surface area contributed by atoms with Gasteiger partial charge >= 0.3 is 0 Å². The van der Waals surface area contributed by atoms with E-state index in [1.54, 1.807) is 0 Å². The van der Waals surface area contributed by atoms with Gasteiger partial charge in [-0.3, -0.25) is 0 Å². The summed E-state index contributed by atoms with van der Waals surface area (Å²) in [5, 5.41) is 20.8. The van der Waals surface area contributed by atoms with Crippen molar-refractivity contribution in [1.29, 1.82) is 0 Å². The van der Waals surface area contributed by atoms with Crippen LogP contribution in [-0.4, -0.2) is 10.2 Å². The Bertz CT molecular complexity index is 725. The summed E-state index contributed by atoms with van der Waals surface area (Å²) in [4.78, 5) is 0. The third-order valence-corrected chi connectivity index (χ3v) is 6.90. The Labute approximate surface area is 164 Å². The van der Waals surface area contributed by atoms with E-state index in [-0.39, 0.29) is 5.41 Å². The second-order valence-electron chi connectivity index (χ2n) is 8.45. The zero-order valence-electron chi connectivity index (χ0n) is 17.3. The highest BCUT2D eigenvalue weighted by Gasteiger charge is 2.38. The smallest absolute Gasteiger partial charge is 0.119 e. The SMILES string of the molecule is CCC(C)c1cc(C2(c3ccc(O)c(C(C)CC)c3)CCCC2)ccc1O. The minimum atomic E-state index is -0.00811. The van der Waals surface area contributed by atoms with Gasteiger partial charge in [0.1, 0.15) is 11.5 Å².